The number of H-pyrrole nitrogens is 2. The highest BCUT2D eigenvalue weighted by Gasteiger charge is 2.37. The summed E-state index contributed by atoms with van der Waals surface area (Å²) < 4.78 is 0. The van der Waals surface area contributed by atoms with Crippen molar-refractivity contribution < 1.29 is 24.6 Å². The fraction of sp³-hybridized carbons (Fsp3) is 0.0500. The molecule has 0 saturated heterocycles. The summed E-state index contributed by atoms with van der Waals surface area (Å²) in [7, 11) is 0. The van der Waals surface area contributed by atoms with E-state index < -0.39 is 23.5 Å². The van der Waals surface area contributed by atoms with Gasteiger partial charge in [0, 0.05) is 45.3 Å². The maximum Gasteiger partial charge on any atom is 0.293 e. The number of fused-ring (bicyclic) bond motifs is 1. The molecule has 5 rings (SSSR count). The maximum absolute atomic E-state index is 13.4. The second-order valence-corrected chi connectivity index (χ2v) is 6.66. The molecule has 0 spiro atoms. The number of phenolic OH excluding ortho intramolecular Hbond substituents is 2. The Bertz CT molecular complexity index is 1330. The monoisotopic (exact) mass is 375 g/mol. The molecule has 2 aromatic heterocycles. The van der Waals surface area contributed by atoms with Crippen LogP contribution in [0.25, 0.3) is 21.8 Å². The van der Waals surface area contributed by atoms with Crippen LogP contribution in [0.15, 0.2) is 42.7 Å². The number of phenols is 2. The van der Waals surface area contributed by atoms with Gasteiger partial charge >= 0.3 is 0 Å². The summed E-state index contributed by atoms with van der Waals surface area (Å²) in [5, 5.41) is 23.5. The maximum atomic E-state index is 13.4. The van der Waals surface area contributed by atoms with E-state index in [1.54, 1.807) is 12.1 Å². The van der Waals surface area contributed by atoms with E-state index in [0.717, 1.165) is 0 Å². The number of Topliss-reactive ketones (excluding diaryl/α,β-unsaturated/α-hetero) is 2. The molecular weight excluding hydrogens is 362 g/mol. The molecule has 8 nitrogen and oxygen atoms in total. The number of carbonyl (C=O) groups excluding carboxylic acids is 3. The molecule has 2 aromatic carbocycles. The van der Waals surface area contributed by atoms with Crippen molar-refractivity contribution in [2.75, 3.05) is 0 Å². The quantitative estimate of drug-likeness (QED) is 0.271. The number of aromatic hydroxyl groups is 2. The summed E-state index contributed by atoms with van der Waals surface area (Å²) in [4.78, 5) is 44.0. The number of amides is 1. The average molecular weight is 375 g/mol. The summed E-state index contributed by atoms with van der Waals surface area (Å²) in [6.07, 6.45) is 2.87. The molecule has 0 radical (unpaired) electrons. The molecule has 0 bridgehead atoms. The van der Waals surface area contributed by atoms with Gasteiger partial charge in [-0.25, -0.2) is 0 Å². The summed E-state index contributed by atoms with van der Waals surface area (Å²) in [5.41, 5.74) is 1.64. The van der Waals surface area contributed by atoms with Crippen molar-refractivity contribution in [3.05, 3.63) is 59.4 Å². The van der Waals surface area contributed by atoms with Crippen LogP contribution in [0.4, 0.5) is 0 Å². The molecule has 1 unspecified atom stereocenters. The fourth-order valence-corrected chi connectivity index (χ4v) is 3.77. The number of benzene rings is 2. The van der Waals surface area contributed by atoms with Crippen molar-refractivity contribution in [2.24, 2.45) is 0 Å². The third-order valence-electron chi connectivity index (χ3n) is 5.07. The molecule has 3 heterocycles. The summed E-state index contributed by atoms with van der Waals surface area (Å²) in [5.74, 6) is -2.46. The van der Waals surface area contributed by atoms with E-state index in [9.17, 15) is 24.6 Å². The van der Waals surface area contributed by atoms with E-state index >= 15 is 0 Å². The first-order valence-corrected chi connectivity index (χ1v) is 8.48. The molecule has 0 aliphatic carbocycles. The summed E-state index contributed by atoms with van der Waals surface area (Å²) >= 11 is 0. The number of nitrogens with one attached hydrogen (secondary N) is 3. The van der Waals surface area contributed by atoms with Crippen LogP contribution in [-0.4, -0.2) is 37.7 Å². The molecule has 1 aliphatic rings. The number of hydrogen-bond donors (Lipinski definition) is 5. The lowest BCUT2D eigenvalue weighted by Crippen LogP contribution is -2.36. The molecule has 138 valence electrons. The molecule has 1 aliphatic heterocycles. The molecule has 8 heteroatoms. The summed E-state index contributed by atoms with van der Waals surface area (Å²) in [6.45, 7) is 0. The summed E-state index contributed by atoms with van der Waals surface area (Å²) in [6, 6.07) is 6.26. The highest BCUT2D eigenvalue weighted by Crippen LogP contribution is 2.38. The van der Waals surface area contributed by atoms with E-state index in [2.05, 4.69) is 15.3 Å². The Kier molecular flexibility index (Phi) is 3.15. The molecule has 1 amide bonds. The highest BCUT2D eigenvalue weighted by atomic mass is 16.3. The zero-order chi connectivity index (χ0) is 19.6. The molecule has 5 N–H and O–H groups in total. The SMILES string of the molecule is O=C1NC(C(=O)c2c[nH]c3ccc(O)cc23)c2c(O)ccc3[nH]cc(c23)C1=O. The Morgan fingerprint density at radius 1 is 0.964 bits per heavy atom. The minimum absolute atomic E-state index is 0.0147. The number of carbonyl (C=O) groups is 3. The topological polar surface area (TPSA) is 135 Å². The lowest BCUT2D eigenvalue weighted by molar-refractivity contribution is -0.117. The third kappa shape index (κ3) is 2.08. The predicted molar refractivity (Wildman–Crippen MR) is 99.5 cm³/mol. The van der Waals surface area contributed by atoms with E-state index in [1.807, 2.05) is 0 Å². The standard InChI is InChI=1S/C20H13N3O5/c24-8-1-2-12-9(5-8)10(6-21-12)18(26)17-16-14(25)4-3-13-15(16)11(7-22-13)19(27)20(28)23-17/h1-7,17,21-22,24-25H,(H,23,28). The van der Waals surface area contributed by atoms with Crippen molar-refractivity contribution in [3.63, 3.8) is 0 Å². The van der Waals surface area contributed by atoms with Gasteiger partial charge < -0.3 is 25.5 Å². The van der Waals surface area contributed by atoms with E-state index in [-0.39, 0.29) is 28.2 Å². The first-order valence-electron chi connectivity index (χ1n) is 8.48. The van der Waals surface area contributed by atoms with Crippen LogP contribution in [0, 0.1) is 0 Å². The molecule has 4 aromatic rings. The predicted octanol–water partition coefficient (Wildman–Crippen LogP) is 2.30. The Balaban J connectivity index is 1.76. The first-order chi connectivity index (χ1) is 13.5. The second kappa shape index (κ2) is 5.46. The molecule has 0 fully saturated rings. The minimum Gasteiger partial charge on any atom is -0.508 e. The zero-order valence-corrected chi connectivity index (χ0v) is 14.2. The number of rotatable bonds is 2. The number of hydrogen-bond acceptors (Lipinski definition) is 5. The van der Waals surface area contributed by atoms with Crippen molar-refractivity contribution >= 4 is 39.3 Å². The molecular formula is C20H13N3O5. The lowest BCUT2D eigenvalue weighted by atomic mass is 9.93. The van der Waals surface area contributed by atoms with Gasteiger partial charge in [0.1, 0.15) is 17.5 Å². The van der Waals surface area contributed by atoms with Crippen LogP contribution in [0.3, 0.4) is 0 Å². The second-order valence-electron chi connectivity index (χ2n) is 6.66. The Morgan fingerprint density at radius 2 is 1.71 bits per heavy atom. The zero-order valence-electron chi connectivity index (χ0n) is 14.2. The van der Waals surface area contributed by atoms with E-state index in [0.29, 0.717) is 21.8 Å². The van der Waals surface area contributed by atoms with Gasteiger partial charge in [-0.1, -0.05) is 0 Å². The van der Waals surface area contributed by atoms with Gasteiger partial charge in [-0.3, -0.25) is 14.4 Å². The largest absolute Gasteiger partial charge is 0.508 e. The van der Waals surface area contributed by atoms with Crippen molar-refractivity contribution in [1.82, 2.24) is 15.3 Å². The number of ketones is 2. The Hall–Kier alpha value is -4.07. The Labute approximate surface area is 156 Å². The lowest BCUT2D eigenvalue weighted by Gasteiger charge is -2.17. The van der Waals surface area contributed by atoms with E-state index in [4.69, 9.17) is 0 Å². The van der Waals surface area contributed by atoms with Gasteiger partial charge in [-0.15, -0.1) is 0 Å². The number of aromatic amines is 2. The smallest absolute Gasteiger partial charge is 0.293 e. The van der Waals surface area contributed by atoms with E-state index in [1.165, 1.54) is 30.6 Å². The van der Waals surface area contributed by atoms with Crippen molar-refractivity contribution in [2.45, 2.75) is 6.04 Å². The molecule has 1 atom stereocenters. The first kappa shape index (κ1) is 16.1. The fourth-order valence-electron chi connectivity index (χ4n) is 3.77. The van der Waals surface area contributed by atoms with Crippen molar-refractivity contribution in [3.8, 4) is 11.5 Å². The van der Waals surface area contributed by atoms with Gasteiger partial charge in [0.05, 0.1) is 5.56 Å². The van der Waals surface area contributed by atoms with Crippen LogP contribution in [0.5, 0.6) is 11.5 Å². The third-order valence-corrected chi connectivity index (χ3v) is 5.07. The van der Waals surface area contributed by atoms with Gasteiger partial charge in [0.2, 0.25) is 0 Å². The van der Waals surface area contributed by atoms with Crippen LogP contribution in [-0.2, 0) is 4.79 Å². The normalized spacial score (nSPS) is 16.4. The van der Waals surface area contributed by atoms with Crippen LogP contribution < -0.4 is 5.32 Å². The van der Waals surface area contributed by atoms with Gasteiger partial charge in [-0.2, -0.15) is 0 Å². The average Bonchev–Trinajstić information content (AvgIpc) is 3.26. The van der Waals surface area contributed by atoms with Gasteiger partial charge in [-0.05, 0) is 30.3 Å². The van der Waals surface area contributed by atoms with Crippen molar-refractivity contribution in [1.29, 1.82) is 0 Å². The molecule has 28 heavy (non-hydrogen) atoms. The van der Waals surface area contributed by atoms with Gasteiger partial charge in [0.15, 0.2) is 5.78 Å². The minimum atomic E-state index is -1.27. The van der Waals surface area contributed by atoms with Crippen LogP contribution in [0.2, 0.25) is 0 Å². The van der Waals surface area contributed by atoms with Gasteiger partial charge in [0.25, 0.3) is 11.7 Å². The molecule has 0 saturated carbocycles. The Morgan fingerprint density at radius 3 is 2.54 bits per heavy atom. The number of aromatic nitrogens is 2. The van der Waals surface area contributed by atoms with Crippen LogP contribution >= 0.6 is 0 Å². The highest BCUT2D eigenvalue weighted by molar-refractivity contribution is 6.46. The van der Waals surface area contributed by atoms with Crippen LogP contribution in [0.1, 0.15) is 32.3 Å².